The van der Waals surface area contributed by atoms with Crippen LogP contribution in [0.5, 0.6) is 5.75 Å². The van der Waals surface area contributed by atoms with Crippen molar-refractivity contribution < 1.29 is 4.74 Å². The van der Waals surface area contributed by atoms with Crippen molar-refractivity contribution >= 4 is 16.3 Å². The van der Waals surface area contributed by atoms with Gasteiger partial charge in [0.15, 0.2) is 5.01 Å². The van der Waals surface area contributed by atoms with E-state index in [2.05, 4.69) is 39.3 Å². The molecule has 4 rings (SSSR count). The third-order valence-electron chi connectivity index (χ3n) is 3.59. The number of benzene rings is 1. The lowest BCUT2D eigenvalue weighted by Gasteiger charge is -2.01. The molecule has 1 aromatic carbocycles. The molecule has 8 heteroatoms. The van der Waals surface area contributed by atoms with E-state index in [9.17, 15) is 0 Å². The summed E-state index contributed by atoms with van der Waals surface area (Å²) in [6.07, 6.45) is 0. The molecule has 1 N–H and O–H groups in total. The SMILES string of the molecule is CC(C)c1cc(-c2nnc3sc(COc4ccccc4)nn23)n[nH]1. The van der Waals surface area contributed by atoms with Gasteiger partial charge in [0.2, 0.25) is 10.8 Å². The van der Waals surface area contributed by atoms with Gasteiger partial charge >= 0.3 is 0 Å². The summed E-state index contributed by atoms with van der Waals surface area (Å²) in [4.78, 5) is 0.728. The maximum atomic E-state index is 5.74. The fraction of sp³-hybridized carbons (Fsp3) is 0.250. The van der Waals surface area contributed by atoms with Gasteiger partial charge < -0.3 is 4.74 Å². The van der Waals surface area contributed by atoms with E-state index < -0.39 is 0 Å². The Morgan fingerprint density at radius 2 is 2.04 bits per heavy atom. The van der Waals surface area contributed by atoms with Crippen LogP contribution < -0.4 is 4.74 Å². The van der Waals surface area contributed by atoms with Crippen LogP contribution in [0.15, 0.2) is 36.4 Å². The van der Waals surface area contributed by atoms with E-state index >= 15 is 0 Å². The second-order valence-electron chi connectivity index (χ2n) is 5.68. The lowest BCUT2D eigenvalue weighted by Crippen LogP contribution is -1.97. The molecule has 0 bridgehead atoms. The zero-order chi connectivity index (χ0) is 16.5. The standard InChI is InChI=1S/C16H16N6OS/c1-10(2)12-8-13(18-17-12)15-19-20-16-22(15)21-14(24-16)9-23-11-6-4-3-5-7-11/h3-8,10H,9H2,1-2H3,(H,17,18). The number of ether oxygens (including phenoxy) is 1. The second kappa shape index (κ2) is 6.04. The number of para-hydroxylation sites is 1. The molecule has 3 aromatic heterocycles. The summed E-state index contributed by atoms with van der Waals surface area (Å²) in [5.74, 6) is 1.83. The Kier molecular flexibility index (Phi) is 3.73. The van der Waals surface area contributed by atoms with Gasteiger partial charge in [-0.05, 0) is 24.1 Å². The fourth-order valence-electron chi connectivity index (χ4n) is 2.28. The first-order valence-electron chi connectivity index (χ1n) is 7.65. The van der Waals surface area contributed by atoms with Gasteiger partial charge in [0.05, 0.1) is 0 Å². The lowest BCUT2D eigenvalue weighted by molar-refractivity contribution is 0.304. The van der Waals surface area contributed by atoms with Crippen molar-refractivity contribution in [2.24, 2.45) is 0 Å². The molecule has 0 atom stereocenters. The van der Waals surface area contributed by atoms with Gasteiger partial charge in [0.25, 0.3) is 0 Å². The number of hydrogen-bond acceptors (Lipinski definition) is 6. The van der Waals surface area contributed by atoms with Crippen LogP contribution in [-0.2, 0) is 6.61 Å². The molecule has 0 unspecified atom stereocenters. The van der Waals surface area contributed by atoms with E-state index in [4.69, 9.17) is 4.74 Å². The van der Waals surface area contributed by atoms with Crippen molar-refractivity contribution in [3.8, 4) is 17.3 Å². The topological polar surface area (TPSA) is 81.0 Å². The molecule has 122 valence electrons. The largest absolute Gasteiger partial charge is 0.486 e. The predicted octanol–water partition coefficient (Wildman–Crippen LogP) is 3.28. The van der Waals surface area contributed by atoms with Gasteiger partial charge in [-0.25, -0.2) is 0 Å². The van der Waals surface area contributed by atoms with Crippen LogP contribution in [0.25, 0.3) is 16.5 Å². The smallest absolute Gasteiger partial charge is 0.235 e. The maximum absolute atomic E-state index is 5.74. The highest BCUT2D eigenvalue weighted by molar-refractivity contribution is 7.16. The van der Waals surface area contributed by atoms with Crippen LogP contribution in [0, 0.1) is 0 Å². The van der Waals surface area contributed by atoms with Crippen LogP contribution in [0.4, 0.5) is 0 Å². The number of nitrogens with zero attached hydrogens (tertiary/aromatic N) is 5. The minimum absolute atomic E-state index is 0.375. The molecule has 0 spiro atoms. The molecule has 0 saturated carbocycles. The van der Waals surface area contributed by atoms with Gasteiger partial charge in [-0.2, -0.15) is 14.7 Å². The molecule has 0 amide bonds. The van der Waals surface area contributed by atoms with Crippen LogP contribution in [0.3, 0.4) is 0 Å². The number of aromatic amines is 1. The zero-order valence-electron chi connectivity index (χ0n) is 13.3. The molecule has 0 aliphatic heterocycles. The summed E-state index contributed by atoms with van der Waals surface area (Å²) in [6.45, 7) is 4.62. The third kappa shape index (κ3) is 2.76. The molecule has 24 heavy (non-hydrogen) atoms. The van der Waals surface area contributed by atoms with Crippen LogP contribution in [-0.4, -0.2) is 30.0 Å². The normalized spacial score (nSPS) is 11.5. The molecule has 7 nitrogen and oxygen atoms in total. The molecular weight excluding hydrogens is 324 g/mol. The van der Waals surface area contributed by atoms with Crippen LogP contribution in [0.2, 0.25) is 0 Å². The van der Waals surface area contributed by atoms with Crippen molar-refractivity contribution in [2.45, 2.75) is 26.4 Å². The van der Waals surface area contributed by atoms with Crippen molar-refractivity contribution in [3.63, 3.8) is 0 Å². The van der Waals surface area contributed by atoms with Crippen molar-refractivity contribution in [1.82, 2.24) is 30.0 Å². The second-order valence-corrected chi connectivity index (χ2v) is 6.72. The quantitative estimate of drug-likeness (QED) is 0.603. The minimum Gasteiger partial charge on any atom is -0.486 e. The monoisotopic (exact) mass is 340 g/mol. The Bertz CT molecular complexity index is 955. The Balaban J connectivity index is 1.58. The highest BCUT2D eigenvalue weighted by Crippen LogP contribution is 2.23. The molecular formula is C16H16N6OS. The summed E-state index contributed by atoms with van der Waals surface area (Å²) in [5.41, 5.74) is 1.80. The average molecular weight is 340 g/mol. The fourth-order valence-corrected chi connectivity index (χ4v) is 3.03. The first kappa shape index (κ1) is 14.8. The molecule has 0 aliphatic rings. The predicted molar refractivity (Wildman–Crippen MR) is 91.1 cm³/mol. The molecule has 0 radical (unpaired) electrons. The molecule has 0 aliphatic carbocycles. The van der Waals surface area contributed by atoms with Crippen molar-refractivity contribution in [1.29, 1.82) is 0 Å². The van der Waals surface area contributed by atoms with Crippen LogP contribution >= 0.6 is 11.3 Å². The third-order valence-corrected chi connectivity index (χ3v) is 4.46. The van der Waals surface area contributed by atoms with E-state index in [1.807, 2.05) is 36.4 Å². The Morgan fingerprint density at radius 1 is 1.21 bits per heavy atom. The Morgan fingerprint density at radius 3 is 2.79 bits per heavy atom. The molecule has 0 fully saturated rings. The molecule has 0 saturated heterocycles. The van der Waals surface area contributed by atoms with Gasteiger partial charge in [0.1, 0.15) is 18.1 Å². The van der Waals surface area contributed by atoms with E-state index in [1.54, 1.807) is 4.52 Å². The Labute approximate surface area is 142 Å². The molecule has 4 aromatic rings. The highest BCUT2D eigenvalue weighted by atomic mass is 32.1. The number of rotatable bonds is 5. The van der Waals surface area contributed by atoms with E-state index in [0.717, 1.165) is 27.1 Å². The summed E-state index contributed by atoms with van der Waals surface area (Å²) in [7, 11) is 0. The van der Waals surface area contributed by atoms with Gasteiger partial charge in [-0.15, -0.1) is 10.2 Å². The first-order valence-corrected chi connectivity index (χ1v) is 8.47. The number of hydrogen-bond donors (Lipinski definition) is 1. The van der Waals surface area contributed by atoms with E-state index in [0.29, 0.717) is 18.3 Å². The van der Waals surface area contributed by atoms with E-state index in [1.165, 1.54) is 11.3 Å². The van der Waals surface area contributed by atoms with Crippen molar-refractivity contribution in [3.05, 3.63) is 47.1 Å². The lowest BCUT2D eigenvalue weighted by atomic mass is 10.1. The molecule has 3 heterocycles. The van der Waals surface area contributed by atoms with E-state index in [-0.39, 0.29) is 0 Å². The first-order chi connectivity index (χ1) is 11.7. The number of H-pyrrole nitrogens is 1. The van der Waals surface area contributed by atoms with Gasteiger partial charge in [-0.1, -0.05) is 43.4 Å². The Hall–Kier alpha value is -2.74. The van der Waals surface area contributed by atoms with Crippen LogP contribution in [0.1, 0.15) is 30.5 Å². The highest BCUT2D eigenvalue weighted by Gasteiger charge is 2.16. The van der Waals surface area contributed by atoms with Gasteiger partial charge in [-0.3, -0.25) is 5.10 Å². The maximum Gasteiger partial charge on any atom is 0.235 e. The number of nitrogens with one attached hydrogen (secondary N) is 1. The average Bonchev–Trinajstić information content (AvgIpc) is 3.28. The summed E-state index contributed by atoms with van der Waals surface area (Å²) in [5, 5.41) is 21.1. The zero-order valence-corrected chi connectivity index (χ0v) is 14.1. The van der Waals surface area contributed by atoms with Gasteiger partial charge in [0, 0.05) is 5.69 Å². The summed E-state index contributed by atoms with van der Waals surface area (Å²) >= 11 is 1.46. The summed E-state index contributed by atoms with van der Waals surface area (Å²) < 4.78 is 7.45. The minimum atomic E-state index is 0.375. The number of aromatic nitrogens is 6. The van der Waals surface area contributed by atoms with Crippen molar-refractivity contribution in [2.75, 3.05) is 0 Å². The number of fused-ring (bicyclic) bond motifs is 1. The summed E-state index contributed by atoms with van der Waals surface area (Å²) in [6, 6.07) is 11.7.